The minimum atomic E-state index is -1.11. The van der Waals surface area contributed by atoms with Crippen LogP contribution in [0.1, 0.15) is 66.3 Å². The van der Waals surface area contributed by atoms with E-state index in [1.54, 1.807) is 24.3 Å². The number of amides is 2. The largest absolute Gasteiger partial charge is 0.477 e. The van der Waals surface area contributed by atoms with Crippen molar-refractivity contribution in [3.05, 3.63) is 63.6 Å². The molecular formula is C27H26Cl2N4O5. The molecule has 2 aliphatic heterocycles. The number of carboxylic acid groups (broad SMARTS) is 1. The van der Waals surface area contributed by atoms with Gasteiger partial charge in [0, 0.05) is 29.1 Å². The summed E-state index contributed by atoms with van der Waals surface area (Å²) >= 11 is 13.0. The SMILES string of the molecule is O=C(O)c1ccc(NC(=O)N2C3CC[C@H]2CC(OCc2c(-c4c(Cl)cccc4Cl)noc2C2CC2)C3)cn1. The zero-order valence-corrected chi connectivity index (χ0v) is 21.9. The summed E-state index contributed by atoms with van der Waals surface area (Å²) in [4.78, 5) is 29.9. The van der Waals surface area contributed by atoms with Gasteiger partial charge in [-0.2, -0.15) is 0 Å². The number of pyridine rings is 1. The van der Waals surface area contributed by atoms with Crippen molar-refractivity contribution in [1.29, 1.82) is 0 Å². The third-order valence-corrected chi connectivity index (χ3v) is 8.22. The van der Waals surface area contributed by atoms with Crippen LogP contribution in [-0.2, 0) is 11.3 Å². The van der Waals surface area contributed by atoms with E-state index in [1.807, 2.05) is 4.90 Å². The molecule has 38 heavy (non-hydrogen) atoms. The quantitative estimate of drug-likeness (QED) is 0.347. The van der Waals surface area contributed by atoms with Crippen molar-refractivity contribution in [3.8, 4) is 11.3 Å². The summed E-state index contributed by atoms with van der Waals surface area (Å²) in [6, 6.07) is 8.21. The van der Waals surface area contributed by atoms with E-state index in [0.717, 1.165) is 49.8 Å². The number of aromatic carboxylic acids is 1. The lowest BCUT2D eigenvalue weighted by molar-refractivity contribution is -0.0158. The molecule has 2 aromatic heterocycles. The zero-order valence-electron chi connectivity index (χ0n) is 20.4. The van der Waals surface area contributed by atoms with Crippen LogP contribution in [0.2, 0.25) is 10.0 Å². The number of benzene rings is 1. The first kappa shape index (κ1) is 25.2. The summed E-state index contributed by atoms with van der Waals surface area (Å²) in [6.07, 6.45) is 6.75. The van der Waals surface area contributed by atoms with Crippen LogP contribution < -0.4 is 5.32 Å². The number of aromatic nitrogens is 2. The van der Waals surface area contributed by atoms with E-state index in [2.05, 4.69) is 15.5 Å². The summed E-state index contributed by atoms with van der Waals surface area (Å²) in [5.41, 5.74) is 2.57. The Morgan fingerprint density at radius 1 is 1.08 bits per heavy atom. The molecule has 198 valence electrons. The van der Waals surface area contributed by atoms with Gasteiger partial charge in [0.1, 0.15) is 17.1 Å². The number of carbonyl (C=O) groups is 2. The molecule has 3 atom stereocenters. The van der Waals surface area contributed by atoms with Crippen molar-refractivity contribution in [2.75, 3.05) is 5.32 Å². The Kier molecular flexibility index (Phi) is 6.75. The lowest BCUT2D eigenvalue weighted by Gasteiger charge is -2.38. The number of hydrogen-bond donors (Lipinski definition) is 2. The van der Waals surface area contributed by atoms with E-state index in [9.17, 15) is 9.59 Å². The van der Waals surface area contributed by atoms with E-state index < -0.39 is 5.97 Å². The van der Waals surface area contributed by atoms with Crippen LogP contribution in [0.3, 0.4) is 0 Å². The van der Waals surface area contributed by atoms with Gasteiger partial charge in [0.05, 0.1) is 34.6 Å². The number of halogens is 2. The zero-order chi connectivity index (χ0) is 26.4. The molecule has 11 heteroatoms. The smallest absolute Gasteiger partial charge is 0.354 e. The van der Waals surface area contributed by atoms with Gasteiger partial charge in [-0.05, 0) is 62.8 Å². The highest BCUT2D eigenvalue weighted by molar-refractivity contribution is 6.39. The van der Waals surface area contributed by atoms with E-state index in [1.165, 1.54) is 12.3 Å². The van der Waals surface area contributed by atoms with Crippen LogP contribution in [-0.4, -0.2) is 50.3 Å². The fraction of sp³-hybridized carbons (Fsp3) is 0.407. The number of carboxylic acids is 1. The molecule has 0 spiro atoms. The lowest BCUT2D eigenvalue weighted by Crippen LogP contribution is -2.50. The monoisotopic (exact) mass is 556 g/mol. The number of urea groups is 1. The van der Waals surface area contributed by atoms with Gasteiger partial charge in [-0.15, -0.1) is 0 Å². The third kappa shape index (κ3) is 4.86. The second-order valence-corrected chi connectivity index (χ2v) is 10.9. The molecule has 1 aromatic carbocycles. The fourth-order valence-corrected chi connectivity index (χ4v) is 6.20. The van der Waals surface area contributed by atoms with Gasteiger partial charge in [0.25, 0.3) is 0 Å². The summed E-state index contributed by atoms with van der Waals surface area (Å²) in [6.45, 7) is 0.337. The minimum Gasteiger partial charge on any atom is -0.477 e. The topological polar surface area (TPSA) is 118 Å². The molecule has 2 N–H and O–H groups in total. The lowest BCUT2D eigenvalue weighted by atomic mass is 9.99. The Bertz CT molecular complexity index is 1340. The van der Waals surface area contributed by atoms with Gasteiger partial charge in [-0.1, -0.05) is 34.4 Å². The first-order valence-corrected chi connectivity index (χ1v) is 13.5. The third-order valence-electron chi connectivity index (χ3n) is 7.59. The molecule has 2 amide bonds. The predicted molar refractivity (Wildman–Crippen MR) is 141 cm³/mol. The molecule has 2 bridgehead atoms. The molecule has 4 heterocycles. The number of piperidine rings is 1. The van der Waals surface area contributed by atoms with Crippen molar-refractivity contribution < 1.29 is 24.0 Å². The maximum atomic E-state index is 13.1. The maximum Gasteiger partial charge on any atom is 0.354 e. The van der Waals surface area contributed by atoms with Gasteiger partial charge >= 0.3 is 12.0 Å². The van der Waals surface area contributed by atoms with E-state index in [-0.39, 0.29) is 29.9 Å². The molecule has 3 fully saturated rings. The Labute approximate surface area is 229 Å². The van der Waals surface area contributed by atoms with Gasteiger partial charge in [-0.25, -0.2) is 14.6 Å². The Hall–Kier alpha value is -3.14. The van der Waals surface area contributed by atoms with Crippen molar-refractivity contribution in [1.82, 2.24) is 15.0 Å². The average Bonchev–Trinajstić information content (AvgIpc) is 3.60. The maximum absolute atomic E-state index is 13.1. The Morgan fingerprint density at radius 2 is 1.79 bits per heavy atom. The highest BCUT2D eigenvalue weighted by Crippen LogP contribution is 2.46. The van der Waals surface area contributed by atoms with E-state index in [0.29, 0.717) is 39.5 Å². The van der Waals surface area contributed by atoms with Crippen molar-refractivity contribution in [2.45, 2.75) is 69.2 Å². The average molecular weight is 557 g/mol. The number of ether oxygens (including phenoxy) is 1. The van der Waals surface area contributed by atoms with Gasteiger partial charge in [-0.3, -0.25) is 0 Å². The van der Waals surface area contributed by atoms with E-state index in [4.69, 9.17) is 37.6 Å². The van der Waals surface area contributed by atoms with Gasteiger partial charge in [0.15, 0.2) is 0 Å². The second-order valence-electron chi connectivity index (χ2n) is 10.1. The molecule has 0 radical (unpaired) electrons. The molecule has 1 saturated carbocycles. The van der Waals surface area contributed by atoms with Crippen LogP contribution in [0, 0.1) is 0 Å². The van der Waals surface area contributed by atoms with Crippen LogP contribution in [0.4, 0.5) is 10.5 Å². The highest BCUT2D eigenvalue weighted by Gasteiger charge is 2.44. The van der Waals surface area contributed by atoms with Gasteiger partial charge < -0.3 is 24.6 Å². The molecular weight excluding hydrogens is 531 g/mol. The Balaban J connectivity index is 1.13. The number of nitrogens with zero attached hydrogens (tertiary/aromatic N) is 3. The minimum absolute atomic E-state index is 0.00964. The molecule has 9 nitrogen and oxygen atoms in total. The van der Waals surface area contributed by atoms with E-state index >= 15 is 0 Å². The number of fused-ring (bicyclic) bond motifs is 2. The highest BCUT2D eigenvalue weighted by atomic mass is 35.5. The summed E-state index contributed by atoms with van der Waals surface area (Å²) in [5, 5.41) is 17.2. The number of carbonyl (C=O) groups excluding carboxylic acids is 1. The standard InChI is InChI=1S/C27H26Cl2N4O5/c28-20-2-1-3-21(29)23(20)24-19(25(38-32-24)14-4-5-14)13-37-18-10-16-7-8-17(11-18)33(16)27(36)31-15-6-9-22(26(34)35)30-12-15/h1-3,6,9,12,14,16-18H,4-5,7-8,10-11,13H2,(H,31,36)(H,34,35)/t16-,17?,18?/m0/s1. The summed E-state index contributed by atoms with van der Waals surface area (Å²) < 4.78 is 12.2. The predicted octanol–water partition coefficient (Wildman–Crippen LogP) is 6.36. The molecule has 3 aliphatic rings. The van der Waals surface area contributed by atoms with Crippen LogP contribution in [0.5, 0.6) is 0 Å². The molecule has 3 aromatic rings. The number of nitrogens with one attached hydrogen (secondary N) is 1. The van der Waals surface area contributed by atoms with Gasteiger partial charge in [0.2, 0.25) is 0 Å². The first-order valence-electron chi connectivity index (χ1n) is 12.7. The van der Waals surface area contributed by atoms with Crippen molar-refractivity contribution >= 4 is 40.9 Å². The fourth-order valence-electron chi connectivity index (χ4n) is 5.63. The van der Waals surface area contributed by atoms with Crippen LogP contribution >= 0.6 is 23.2 Å². The number of anilines is 1. The molecule has 2 saturated heterocycles. The molecule has 2 unspecified atom stereocenters. The van der Waals surface area contributed by atoms with Crippen molar-refractivity contribution in [3.63, 3.8) is 0 Å². The summed E-state index contributed by atoms with van der Waals surface area (Å²) in [7, 11) is 0. The molecule has 1 aliphatic carbocycles. The summed E-state index contributed by atoms with van der Waals surface area (Å²) in [5.74, 6) is 0.0794. The second kappa shape index (κ2) is 10.2. The number of rotatable bonds is 7. The van der Waals surface area contributed by atoms with Crippen LogP contribution in [0.15, 0.2) is 41.1 Å². The number of hydrogen-bond acceptors (Lipinski definition) is 6. The Morgan fingerprint density at radius 3 is 2.39 bits per heavy atom. The van der Waals surface area contributed by atoms with Crippen LogP contribution in [0.25, 0.3) is 11.3 Å². The normalized spacial score (nSPS) is 22.5. The first-order chi connectivity index (χ1) is 18.4. The van der Waals surface area contributed by atoms with Crippen molar-refractivity contribution in [2.24, 2.45) is 0 Å². The molecule has 6 rings (SSSR count).